The highest BCUT2D eigenvalue weighted by molar-refractivity contribution is 5.92. The van der Waals surface area contributed by atoms with E-state index in [1.54, 1.807) is 19.5 Å². The fraction of sp³-hybridized carbons (Fsp3) is 0.375. The smallest absolute Gasteiger partial charge is 0.270 e. The molecule has 6 nitrogen and oxygen atoms in total. The molecule has 1 aliphatic rings. The Morgan fingerprint density at radius 1 is 1.23 bits per heavy atom. The summed E-state index contributed by atoms with van der Waals surface area (Å²) in [5, 5.41) is 7.39. The third-order valence-corrected chi connectivity index (χ3v) is 5.87. The lowest BCUT2D eigenvalue weighted by molar-refractivity contribution is 0.0391. The summed E-state index contributed by atoms with van der Waals surface area (Å²) in [5.41, 5.74) is 4.85. The van der Waals surface area contributed by atoms with Crippen molar-refractivity contribution in [2.24, 2.45) is 0 Å². The van der Waals surface area contributed by atoms with Crippen LogP contribution in [0.1, 0.15) is 52.9 Å². The number of aryl methyl sites for hydroxylation is 1. The number of methoxy groups -OCH3 is 1. The number of carbonyl (C=O) groups is 1. The highest BCUT2D eigenvalue weighted by Gasteiger charge is 2.27. The van der Waals surface area contributed by atoms with Crippen LogP contribution in [0.5, 0.6) is 0 Å². The van der Waals surface area contributed by atoms with Crippen molar-refractivity contribution >= 4 is 5.91 Å². The molecule has 1 N–H and O–H groups in total. The highest BCUT2D eigenvalue weighted by atomic mass is 16.5. The van der Waals surface area contributed by atoms with E-state index in [9.17, 15) is 4.79 Å². The van der Waals surface area contributed by atoms with Crippen LogP contribution in [0.3, 0.4) is 0 Å². The van der Waals surface area contributed by atoms with Crippen molar-refractivity contribution < 1.29 is 9.53 Å². The van der Waals surface area contributed by atoms with Crippen LogP contribution in [0, 0.1) is 6.92 Å². The van der Waals surface area contributed by atoms with Crippen molar-refractivity contribution in [3.8, 4) is 5.69 Å². The summed E-state index contributed by atoms with van der Waals surface area (Å²) in [6.45, 7) is 2.03. The minimum Gasteiger partial charge on any atom is -0.379 e. The maximum absolute atomic E-state index is 12.8. The number of benzene rings is 1. The van der Waals surface area contributed by atoms with E-state index in [2.05, 4.69) is 39.7 Å². The lowest BCUT2D eigenvalue weighted by atomic mass is 9.92. The molecule has 0 bridgehead atoms. The summed E-state index contributed by atoms with van der Waals surface area (Å²) >= 11 is 0. The molecule has 0 radical (unpaired) electrons. The molecule has 1 saturated carbocycles. The molecule has 2 atom stereocenters. The van der Waals surface area contributed by atoms with Gasteiger partial charge in [0.15, 0.2) is 0 Å². The number of nitrogens with one attached hydrogen (secondary N) is 1. The van der Waals surface area contributed by atoms with Crippen LogP contribution in [0.2, 0.25) is 0 Å². The molecule has 4 rings (SSSR count). The SMILES string of the molecule is CO[C@H]1CCCC[C@@H]1NC(=O)c1cc(Cc2ccc(-n3cccn3)cc2)c(C)cn1. The Balaban J connectivity index is 1.47. The zero-order valence-electron chi connectivity index (χ0n) is 17.5. The van der Waals surface area contributed by atoms with E-state index in [4.69, 9.17) is 4.74 Å². The molecule has 1 fully saturated rings. The first-order chi connectivity index (χ1) is 14.6. The second-order valence-electron chi connectivity index (χ2n) is 7.93. The third kappa shape index (κ3) is 4.60. The molecule has 1 aromatic carbocycles. The predicted molar refractivity (Wildman–Crippen MR) is 116 cm³/mol. The van der Waals surface area contributed by atoms with Gasteiger partial charge < -0.3 is 10.1 Å². The normalized spacial score (nSPS) is 18.9. The topological polar surface area (TPSA) is 69.0 Å². The van der Waals surface area contributed by atoms with Crippen LogP contribution in [0.25, 0.3) is 5.69 Å². The number of pyridine rings is 1. The van der Waals surface area contributed by atoms with E-state index in [1.807, 2.05) is 29.9 Å². The molecule has 1 aliphatic carbocycles. The molecular formula is C24H28N4O2. The highest BCUT2D eigenvalue weighted by Crippen LogP contribution is 2.21. The summed E-state index contributed by atoms with van der Waals surface area (Å²) in [6.07, 6.45) is 10.5. The first-order valence-corrected chi connectivity index (χ1v) is 10.5. The van der Waals surface area contributed by atoms with E-state index in [0.29, 0.717) is 5.69 Å². The van der Waals surface area contributed by atoms with Gasteiger partial charge >= 0.3 is 0 Å². The summed E-state index contributed by atoms with van der Waals surface area (Å²) < 4.78 is 7.39. The van der Waals surface area contributed by atoms with Crippen LogP contribution >= 0.6 is 0 Å². The number of hydrogen-bond donors (Lipinski definition) is 1. The molecule has 0 aliphatic heterocycles. The minimum atomic E-state index is -0.126. The molecule has 1 amide bonds. The Hall–Kier alpha value is -2.99. The Labute approximate surface area is 177 Å². The average molecular weight is 405 g/mol. The summed E-state index contributed by atoms with van der Waals surface area (Å²) in [7, 11) is 1.72. The Morgan fingerprint density at radius 3 is 2.77 bits per heavy atom. The van der Waals surface area contributed by atoms with Crippen molar-refractivity contribution in [2.45, 2.75) is 51.2 Å². The largest absolute Gasteiger partial charge is 0.379 e. The van der Waals surface area contributed by atoms with Gasteiger partial charge in [0.05, 0.1) is 17.8 Å². The van der Waals surface area contributed by atoms with Crippen LogP contribution in [-0.4, -0.2) is 39.9 Å². The predicted octanol–water partition coefficient (Wildman–Crippen LogP) is 3.85. The maximum atomic E-state index is 12.8. The number of carbonyl (C=O) groups excluding carboxylic acids is 1. The number of aromatic nitrogens is 3. The molecule has 156 valence electrons. The lowest BCUT2D eigenvalue weighted by Gasteiger charge is -2.30. The molecular weight excluding hydrogens is 376 g/mol. The number of rotatable bonds is 6. The van der Waals surface area contributed by atoms with Crippen LogP contribution in [0.15, 0.2) is 55.0 Å². The average Bonchev–Trinajstić information content (AvgIpc) is 3.31. The van der Waals surface area contributed by atoms with Gasteiger partial charge in [0.2, 0.25) is 0 Å². The fourth-order valence-electron chi connectivity index (χ4n) is 4.07. The maximum Gasteiger partial charge on any atom is 0.270 e. The molecule has 0 unspecified atom stereocenters. The van der Waals surface area contributed by atoms with E-state index in [1.165, 1.54) is 5.56 Å². The molecule has 6 heteroatoms. The van der Waals surface area contributed by atoms with Crippen molar-refractivity contribution in [3.05, 3.63) is 77.4 Å². The van der Waals surface area contributed by atoms with Gasteiger partial charge in [0, 0.05) is 25.7 Å². The van der Waals surface area contributed by atoms with Gasteiger partial charge in [-0.3, -0.25) is 9.78 Å². The first kappa shape index (κ1) is 20.3. The van der Waals surface area contributed by atoms with Crippen molar-refractivity contribution in [3.63, 3.8) is 0 Å². The van der Waals surface area contributed by atoms with Gasteiger partial charge in [-0.15, -0.1) is 0 Å². The molecule has 0 spiro atoms. The zero-order valence-corrected chi connectivity index (χ0v) is 17.5. The Morgan fingerprint density at radius 2 is 2.03 bits per heavy atom. The van der Waals surface area contributed by atoms with Crippen molar-refractivity contribution in [2.75, 3.05) is 7.11 Å². The summed E-state index contributed by atoms with van der Waals surface area (Å²) in [6, 6.07) is 12.2. The van der Waals surface area contributed by atoms with E-state index >= 15 is 0 Å². The van der Waals surface area contributed by atoms with E-state index in [-0.39, 0.29) is 18.1 Å². The number of ether oxygens (including phenoxy) is 1. The quantitative estimate of drug-likeness (QED) is 0.677. The fourth-order valence-corrected chi connectivity index (χ4v) is 4.07. The van der Waals surface area contributed by atoms with Gasteiger partial charge in [-0.2, -0.15) is 5.10 Å². The summed E-state index contributed by atoms with van der Waals surface area (Å²) in [5.74, 6) is -0.126. The summed E-state index contributed by atoms with van der Waals surface area (Å²) in [4.78, 5) is 17.2. The zero-order chi connectivity index (χ0) is 20.9. The molecule has 0 saturated heterocycles. The van der Waals surface area contributed by atoms with Crippen molar-refractivity contribution in [1.82, 2.24) is 20.1 Å². The van der Waals surface area contributed by atoms with Crippen molar-refractivity contribution in [1.29, 1.82) is 0 Å². The second kappa shape index (κ2) is 9.22. The van der Waals surface area contributed by atoms with E-state index in [0.717, 1.165) is 48.9 Å². The number of hydrogen-bond acceptors (Lipinski definition) is 4. The second-order valence-corrected chi connectivity index (χ2v) is 7.93. The standard InChI is InChI=1S/C24H28N4O2/c1-17-16-25-22(24(29)27-21-6-3-4-7-23(21)30-2)15-19(17)14-18-8-10-20(11-9-18)28-13-5-12-26-28/h5,8-13,15-16,21,23H,3-4,6-7,14H2,1-2H3,(H,27,29)/t21-,23-/m0/s1. The van der Waals surface area contributed by atoms with Crippen LogP contribution in [0.4, 0.5) is 0 Å². The third-order valence-electron chi connectivity index (χ3n) is 5.87. The van der Waals surface area contributed by atoms with Gasteiger partial charge in [0.25, 0.3) is 5.91 Å². The molecule has 2 heterocycles. The minimum absolute atomic E-state index is 0.0534. The van der Waals surface area contributed by atoms with Gasteiger partial charge in [0.1, 0.15) is 5.69 Å². The van der Waals surface area contributed by atoms with Gasteiger partial charge in [-0.1, -0.05) is 25.0 Å². The number of nitrogens with zero attached hydrogens (tertiary/aromatic N) is 3. The molecule has 30 heavy (non-hydrogen) atoms. The monoisotopic (exact) mass is 404 g/mol. The molecule has 2 aromatic heterocycles. The molecule has 3 aromatic rings. The van der Waals surface area contributed by atoms with Crippen LogP contribution in [-0.2, 0) is 11.2 Å². The number of amides is 1. The van der Waals surface area contributed by atoms with Gasteiger partial charge in [-0.05, 0) is 67.1 Å². The first-order valence-electron chi connectivity index (χ1n) is 10.5. The van der Waals surface area contributed by atoms with E-state index < -0.39 is 0 Å². The Kier molecular flexibility index (Phi) is 6.23. The Bertz CT molecular complexity index is 983. The van der Waals surface area contributed by atoms with Gasteiger partial charge in [-0.25, -0.2) is 4.68 Å². The lowest BCUT2D eigenvalue weighted by Crippen LogP contribution is -2.46. The van der Waals surface area contributed by atoms with Crippen LogP contribution < -0.4 is 5.32 Å².